The van der Waals surface area contributed by atoms with E-state index in [9.17, 15) is 19.8 Å². The number of phenolic OH excluding ortho intramolecular Hbond substituents is 2. The number of carbonyl (C=O) groups is 2. The van der Waals surface area contributed by atoms with E-state index in [-0.39, 0.29) is 51.9 Å². The van der Waals surface area contributed by atoms with Crippen molar-refractivity contribution >= 4 is 34.7 Å². The van der Waals surface area contributed by atoms with Gasteiger partial charge in [0.2, 0.25) is 5.78 Å². The molecule has 0 atom stereocenters. The molecular weight excluding hydrogens is 646 g/mol. The van der Waals surface area contributed by atoms with Gasteiger partial charge in [0, 0.05) is 29.1 Å². The number of benzene rings is 4. The number of aromatic nitrogens is 1. The van der Waals surface area contributed by atoms with Crippen molar-refractivity contribution < 1.29 is 38.7 Å². The van der Waals surface area contributed by atoms with Gasteiger partial charge in [0.15, 0.2) is 28.8 Å². The SMILES string of the molecule is CCOc1ccc(Cc2nccc3cc(OCC)c(OCC)cc23)cc1OCC.Cc1cc(O)c2c(c1)C(=O)c1cccc(O)c1C2=O.Cl. The highest BCUT2D eigenvalue weighted by Crippen LogP contribution is 2.38. The molecule has 256 valence electrons. The number of aromatic hydroxyl groups is 2. The highest BCUT2D eigenvalue weighted by molar-refractivity contribution is 6.30. The minimum atomic E-state index is -0.528. The Bertz CT molecular complexity index is 1990. The number of fused-ring (bicyclic) bond motifs is 3. The van der Waals surface area contributed by atoms with Gasteiger partial charge in [-0.3, -0.25) is 14.6 Å². The van der Waals surface area contributed by atoms with Gasteiger partial charge in [0.05, 0.1) is 43.2 Å². The predicted molar refractivity (Wildman–Crippen MR) is 191 cm³/mol. The number of ketones is 2. The molecule has 0 bridgehead atoms. The van der Waals surface area contributed by atoms with Crippen molar-refractivity contribution in [2.24, 2.45) is 0 Å². The molecule has 49 heavy (non-hydrogen) atoms. The van der Waals surface area contributed by atoms with Gasteiger partial charge in [-0.1, -0.05) is 18.2 Å². The minimum Gasteiger partial charge on any atom is -0.507 e. The molecule has 5 aromatic rings. The normalized spacial score (nSPS) is 11.4. The number of nitrogens with zero attached hydrogens (tertiary/aromatic N) is 1. The van der Waals surface area contributed by atoms with E-state index in [1.165, 1.54) is 24.3 Å². The van der Waals surface area contributed by atoms with Crippen LogP contribution in [-0.4, -0.2) is 53.2 Å². The topological polar surface area (TPSA) is 124 Å². The van der Waals surface area contributed by atoms with Crippen LogP contribution in [0.15, 0.2) is 72.9 Å². The van der Waals surface area contributed by atoms with E-state index in [1.54, 1.807) is 13.0 Å². The van der Waals surface area contributed by atoms with E-state index in [2.05, 4.69) is 11.1 Å². The Hall–Kier alpha value is -5.28. The number of pyridine rings is 1. The van der Waals surface area contributed by atoms with Gasteiger partial charge in [-0.05, 0) is 99.7 Å². The molecule has 0 saturated carbocycles. The van der Waals surface area contributed by atoms with Crippen LogP contribution in [0.25, 0.3) is 10.8 Å². The summed E-state index contributed by atoms with van der Waals surface area (Å²) < 4.78 is 23.0. The maximum absolute atomic E-state index is 12.3. The number of phenols is 2. The highest BCUT2D eigenvalue weighted by Gasteiger charge is 2.34. The third-order valence-electron chi connectivity index (χ3n) is 7.74. The lowest BCUT2D eigenvalue weighted by molar-refractivity contribution is 0.0974. The molecule has 1 aliphatic carbocycles. The molecule has 1 aromatic heterocycles. The Labute approximate surface area is 291 Å². The number of hydrogen-bond donors (Lipinski definition) is 2. The smallest absolute Gasteiger partial charge is 0.201 e. The molecule has 4 aromatic carbocycles. The summed E-state index contributed by atoms with van der Waals surface area (Å²) in [6.07, 6.45) is 2.52. The molecule has 0 unspecified atom stereocenters. The summed E-state index contributed by atoms with van der Waals surface area (Å²) in [5.41, 5.74) is 3.06. The molecule has 2 N–H and O–H groups in total. The summed E-state index contributed by atoms with van der Waals surface area (Å²) in [7, 11) is 0. The summed E-state index contributed by atoms with van der Waals surface area (Å²) in [5, 5.41) is 21.8. The summed E-state index contributed by atoms with van der Waals surface area (Å²) >= 11 is 0. The number of aryl methyl sites for hydroxylation is 1. The Morgan fingerprint density at radius 2 is 1.24 bits per heavy atom. The van der Waals surface area contributed by atoms with Gasteiger partial charge in [-0.25, -0.2) is 0 Å². The molecule has 0 fully saturated rings. The minimum absolute atomic E-state index is 0. The number of ether oxygens (including phenoxy) is 4. The lowest BCUT2D eigenvalue weighted by atomic mass is 9.82. The van der Waals surface area contributed by atoms with Crippen LogP contribution in [-0.2, 0) is 6.42 Å². The fraction of sp³-hybridized carbons (Fsp3) is 0.256. The molecule has 0 amide bonds. The third-order valence-corrected chi connectivity index (χ3v) is 7.74. The first-order valence-corrected chi connectivity index (χ1v) is 16.0. The first-order valence-electron chi connectivity index (χ1n) is 16.0. The average Bonchev–Trinajstić information content (AvgIpc) is 3.06. The van der Waals surface area contributed by atoms with Gasteiger partial charge in [-0.2, -0.15) is 0 Å². The zero-order valence-corrected chi connectivity index (χ0v) is 29.0. The third kappa shape index (κ3) is 7.73. The molecule has 1 heterocycles. The Kier molecular flexibility index (Phi) is 12.1. The Morgan fingerprint density at radius 3 is 1.92 bits per heavy atom. The van der Waals surface area contributed by atoms with Crippen LogP contribution in [0.2, 0.25) is 0 Å². The van der Waals surface area contributed by atoms with Crippen LogP contribution in [0, 0.1) is 6.92 Å². The second-order valence-corrected chi connectivity index (χ2v) is 11.0. The van der Waals surface area contributed by atoms with Crippen LogP contribution in [0.4, 0.5) is 0 Å². The average molecular weight is 686 g/mol. The van der Waals surface area contributed by atoms with Gasteiger partial charge in [0.1, 0.15) is 11.5 Å². The fourth-order valence-corrected chi connectivity index (χ4v) is 5.74. The van der Waals surface area contributed by atoms with Crippen molar-refractivity contribution in [3.05, 3.63) is 112 Å². The number of rotatable bonds is 10. The quantitative estimate of drug-likeness (QED) is 0.147. The second-order valence-electron chi connectivity index (χ2n) is 11.0. The van der Waals surface area contributed by atoms with E-state index in [0.29, 0.717) is 38.4 Å². The van der Waals surface area contributed by atoms with Crippen LogP contribution in [0.1, 0.15) is 76.4 Å². The van der Waals surface area contributed by atoms with E-state index in [0.717, 1.165) is 45.0 Å². The molecule has 9 nitrogen and oxygen atoms in total. The molecule has 1 aliphatic rings. The zero-order valence-electron chi connectivity index (χ0n) is 28.2. The molecule has 0 radical (unpaired) electrons. The predicted octanol–water partition coefficient (Wildman–Crippen LogP) is 8.02. The summed E-state index contributed by atoms with van der Waals surface area (Å²) in [6.45, 7) is 12.0. The standard InChI is InChI=1S/C24H29NO4.C15H10O4.ClH/c1-5-26-21-10-9-17(14-22(21)27-6-2)13-20-19-16-24(29-8-4)23(28-7-3)15-18(19)11-12-25-20;1-7-5-9-13(11(17)6-7)15(19)12-8(14(9)18)3-2-4-10(12)16;/h9-12,14-16H,5-8,13H2,1-4H3;2-6,16-17H,1H3;1H. The van der Waals surface area contributed by atoms with Crippen LogP contribution < -0.4 is 18.9 Å². The Morgan fingerprint density at radius 1 is 0.633 bits per heavy atom. The fourth-order valence-electron chi connectivity index (χ4n) is 5.74. The maximum atomic E-state index is 12.3. The van der Waals surface area contributed by atoms with Crippen molar-refractivity contribution in [3.8, 4) is 34.5 Å². The van der Waals surface area contributed by atoms with E-state index in [1.807, 2.05) is 64.2 Å². The van der Waals surface area contributed by atoms with Gasteiger partial charge in [-0.15, -0.1) is 12.4 Å². The molecule has 0 spiro atoms. The summed E-state index contributed by atoms with van der Waals surface area (Å²) in [6, 6.07) is 19.5. The lowest BCUT2D eigenvalue weighted by Gasteiger charge is -2.19. The van der Waals surface area contributed by atoms with Crippen LogP contribution in [0.3, 0.4) is 0 Å². The summed E-state index contributed by atoms with van der Waals surface area (Å²) in [5.74, 6) is 1.67. The van der Waals surface area contributed by atoms with Crippen molar-refractivity contribution in [1.29, 1.82) is 0 Å². The highest BCUT2D eigenvalue weighted by atomic mass is 35.5. The lowest BCUT2D eigenvalue weighted by Crippen LogP contribution is -2.21. The first kappa shape index (κ1) is 36.6. The number of hydrogen-bond acceptors (Lipinski definition) is 9. The Balaban J connectivity index is 0.000000234. The van der Waals surface area contributed by atoms with E-state index >= 15 is 0 Å². The van der Waals surface area contributed by atoms with Crippen molar-refractivity contribution in [1.82, 2.24) is 4.98 Å². The molecule has 0 saturated heterocycles. The van der Waals surface area contributed by atoms with Gasteiger partial charge < -0.3 is 29.2 Å². The van der Waals surface area contributed by atoms with Crippen molar-refractivity contribution in [3.63, 3.8) is 0 Å². The number of carbonyl (C=O) groups excluding carboxylic acids is 2. The maximum Gasteiger partial charge on any atom is 0.201 e. The molecule has 10 heteroatoms. The van der Waals surface area contributed by atoms with Crippen LogP contribution >= 0.6 is 12.4 Å². The molecule has 6 rings (SSSR count). The molecule has 0 aliphatic heterocycles. The number of halogens is 1. The van der Waals surface area contributed by atoms with Gasteiger partial charge >= 0.3 is 0 Å². The molecular formula is C39H40ClNO8. The van der Waals surface area contributed by atoms with Crippen molar-refractivity contribution in [2.75, 3.05) is 26.4 Å². The summed E-state index contributed by atoms with van der Waals surface area (Å²) in [4.78, 5) is 29.3. The van der Waals surface area contributed by atoms with E-state index < -0.39 is 5.78 Å². The second kappa shape index (κ2) is 16.2. The van der Waals surface area contributed by atoms with E-state index in [4.69, 9.17) is 18.9 Å². The monoisotopic (exact) mass is 685 g/mol. The first-order chi connectivity index (χ1) is 23.2. The largest absolute Gasteiger partial charge is 0.507 e. The van der Waals surface area contributed by atoms with Crippen molar-refractivity contribution in [2.45, 2.75) is 41.0 Å². The zero-order chi connectivity index (χ0) is 34.4. The van der Waals surface area contributed by atoms with Crippen LogP contribution in [0.5, 0.6) is 34.5 Å². The van der Waals surface area contributed by atoms with Gasteiger partial charge in [0.25, 0.3) is 0 Å².